The molecule has 1 aromatic carbocycles. The Kier molecular flexibility index (Phi) is 4.96. The van der Waals surface area contributed by atoms with Crippen molar-refractivity contribution in [2.75, 3.05) is 0 Å². The van der Waals surface area contributed by atoms with E-state index in [-0.39, 0.29) is 0 Å². The van der Waals surface area contributed by atoms with E-state index in [0.29, 0.717) is 6.42 Å². The van der Waals surface area contributed by atoms with Crippen molar-refractivity contribution in [1.82, 2.24) is 9.78 Å². The Balaban J connectivity index is 2.22. The topological polar surface area (TPSA) is 38.0 Å². The van der Waals surface area contributed by atoms with Gasteiger partial charge >= 0.3 is 0 Å². The number of nitrogens with zero attached hydrogens (tertiary/aromatic N) is 2. The molecule has 108 valence electrons. The van der Waals surface area contributed by atoms with E-state index < -0.39 is 6.10 Å². The van der Waals surface area contributed by atoms with Gasteiger partial charge in [-0.1, -0.05) is 38.1 Å². The van der Waals surface area contributed by atoms with Crippen LogP contribution in [0.1, 0.15) is 49.4 Å². The first-order valence-electron chi connectivity index (χ1n) is 7.51. The zero-order chi connectivity index (χ0) is 14.5. The predicted molar refractivity (Wildman–Crippen MR) is 81.8 cm³/mol. The van der Waals surface area contributed by atoms with E-state index in [1.807, 2.05) is 22.9 Å². The third-order valence-electron chi connectivity index (χ3n) is 3.77. The molecule has 0 radical (unpaired) electrons. The molecular formula is C17H24N2O. The van der Waals surface area contributed by atoms with Gasteiger partial charge in [-0.2, -0.15) is 5.10 Å². The van der Waals surface area contributed by atoms with Crippen LogP contribution < -0.4 is 0 Å². The van der Waals surface area contributed by atoms with E-state index in [1.54, 1.807) is 0 Å². The first-order chi connectivity index (χ1) is 9.69. The summed E-state index contributed by atoms with van der Waals surface area (Å²) in [7, 11) is 0. The van der Waals surface area contributed by atoms with Gasteiger partial charge < -0.3 is 5.11 Å². The van der Waals surface area contributed by atoms with Crippen LogP contribution in [-0.2, 0) is 25.8 Å². The lowest BCUT2D eigenvalue weighted by Gasteiger charge is -2.15. The van der Waals surface area contributed by atoms with Gasteiger partial charge in [0.25, 0.3) is 0 Å². The zero-order valence-corrected chi connectivity index (χ0v) is 12.6. The molecule has 1 heterocycles. The second kappa shape index (κ2) is 6.71. The monoisotopic (exact) mass is 272 g/mol. The number of hydrogen-bond acceptors (Lipinski definition) is 2. The number of rotatable bonds is 6. The molecule has 0 fully saturated rings. The lowest BCUT2D eigenvalue weighted by Crippen LogP contribution is -2.10. The van der Waals surface area contributed by atoms with E-state index in [2.05, 4.69) is 38.0 Å². The van der Waals surface area contributed by atoms with Crippen molar-refractivity contribution < 1.29 is 5.11 Å². The average Bonchev–Trinajstić information content (AvgIpc) is 2.89. The van der Waals surface area contributed by atoms with Crippen molar-refractivity contribution in [3.63, 3.8) is 0 Å². The highest BCUT2D eigenvalue weighted by Crippen LogP contribution is 2.23. The molecule has 1 aromatic heterocycles. The Bertz CT molecular complexity index is 560. The number of aliphatic hydroxyl groups is 1. The Hall–Kier alpha value is -1.61. The molecule has 0 spiro atoms. The van der Waals surface area contributed by atoms with Crippen molar-refractivity contribution in [1.29, 1.82) is 0 Å². The zero-order valence-electron chi connectivity index (χ0n) is 12.6. The number of aryl methyl sites for hydroxylation is 3. The third kappa shape index (κ3) is 3.10. The Morgan fingerprint density at radius 2 is 1.90 bits per heavy atom. The van der Waals surface area contributed by atoms with E-state index in [1.165, 1.54) is 5.56 Å². The highest BCUT2D eigenvalue weighted by atomic mass is 16.3. The van der Waals surface area contributed by atoms with Gasteiger partial charge in [-0.25, -0.2) is 0 Å². The van der Waals surface area contributed by atoms with Gasteiger partial charge in [0.1, 0.15) is 0 Å². The summed E-state index contributed by atoms with van der Waals surface area (Å²) in [5.74, 6) is 0. The Morgan fingerprint density at radius 1 is 1.15 bits per heavy atom. The summed E-state index contributed by atoms with van der Waals surface area (Å²) in [4.78, 5) is 0. The minimum Gasteiger partial charge on any atom is -0.388 e. The lowest BCUT2D eigenvalue weighted by atomic mass is 9.97. The smallest absolute Gasteiger partial charge is 0.0847 e. The third-order valence-corrected chi connectivity index (χ3v) is 3.77. The summed E-state index contributed by atoms with van der Waals surface area (Å²) in [5, 5.41) is 15.1. The van der Waals surface area contributed by atoms with Gasteiger partial charge in [-0.15, -0.1) is 0 Å². The molecule has 1 N–H and O–H groups in total. The molecule has 1 atom stereocenters. The maximum Gasteiger partial charge on any atom is 0.0847 e. The highest BCUT2D eigenvalue weighted by molar-refractivity contribution is 5.30. The molecule has 0 aliphatic heterocycles. The molecule has 20 heavy (non-hydrogen) atoms. The van der Waals surface area contributed by atoms with Crippen LogP contribution in [0.25, 0.3) is 0 Å². The van der Waals surface area contributed by atoms with Crippen LogP contribution >= 0.6 is 0 Å². The molecule has 2 aromatic rings. The SMILES string of the molecule is CCc1cc(CC(O)c2ccccc2CC)n(CC)n1. The number of aromatic nitrogens is 2. The first kappa shape index (κ1) is 14.8. The van der Waals surface area contributed by atoms with E-state index in [0.717, 1.165) is 36.3 Å². The van der Waals surface area contributed by atoms with Crippen LogP contribution in [-0.4, -0.2) is 14.9 Å². The van der Waals surface area contributed by atoms with Gasteiger partial charge in [0.2, 0.25) is 0 Å². The average molecular weight is 272 g/mol. The van der Waals surface area contributed by atoms with Crippen molar-refractivity contribution in [2.45, 2.75) is 52.7 Å². The van der Waals surface area contributed by atoms with Crippen LogP contribution in [0.3, 0.4) is 0 Å². The summed E-state index contributed by atoms with van der Waals surface area (Å²) < 4.78 is 2.00. The number of aliphatic hydroxyl groups excluding tert-OH is 1. The maximum absolute atomic E-state index is 10.5. The van der Waals surface area contributed by atoms with Crippen molar-refractivity contribution in [3.05, 3.63) is 52.8 Å². The van der Waals surface area contributed by atoms with Crippen molar-refractivity contribution >= 4 is 0 Å². The normalized spacial score (nSPS) is 12.6. The van der Waals surface area contributed by atoms with E-state index in [9.17, 15) is 5.11 Å². The van der Waals surface area contributed by atoms with Crippen LogP contribution in [0.5, 0.6) is 0 Å². The molecule has 0 saturated heterocycles. The molecule has 3 nitrogen and oxygen atoms in total. The summed E-state index contributed by atoms with van der Waals surface area (Å²) in [5.41, 5.74) is 4.47. The predicted octanol–water partition coefficient (Wildman–Crippen LogP) is 3.30. The second-order valence-corrected chi connectivity index (χ2v) is 5.07. The summed E-state index contributed by atoms with van der Waals surface area (Å²) >= 11 is 0. The van der Waals surface area contributed by atoms with Crippen LogP contribution in [0, 0.1) is 0 Å². The number of benzene rings is 1. The lowest BCUT2D eigenvalue weighted by molar-refractivity contribution is 0.174. The van der Waals surface area contributed by atoms with Crippen molar-refractivity contribution in [3.8, 4) is 0 Å². The largest absolute Gasteiger partial charge is 0.388 e. The fourth-order valence-corrected chi connectivity index (χ4v) is 2.62. The molecule has 0 saturated carbocycles. The van der Waals surface area contributed by atoms with Gasteiger partial charge in [0, 0.05) is 18.7 Å². The second-order valence-electron chi connectivity index (χ2n) is 5.07. The van der Waals surface area contributed by atoms with Gasteiger partial charge in [-0.3, -0.25) is 4.68 Å². The van der Waals surface area contributed by atoms with Crippen LogP contribution in [0.2, 0.25) is 0 Å². The molecule has 0 aliphatic rings. The summed E-state index contributed by atoms with van der Waals surface area (Å²) in [6.45, 7) is 7.16. The molecule has 3 heteroatoms. The van der Waals surface area contributed by atoms with Crippen LogP contribution in [0.15, 0.2) is 30.3 Å². The Morgan fingerprint density at radius 3 is 2.55 bits per heavy atom. The standard InChI is InChI=1S/C17H24N2O/c1-4-13-9-7-8-10-16(13)17(20)12-15-11-14(5-2)18-19(15)6-3/h7-11,17,20H,4-6,12H2,1-3H3. The summed E-state index contributed by atoms with van der Waals surface area (Å²) in [6, 6.07) is 10.2. The molecule has 0 bridgehead atoms. The minimum atomic E-state index is -0.460. The minimum absolute atomic E-state index is 0.460. The van der Waals surface area contributed by atoms with Crippen LogP contribution in [0.4, 0.5) is 0 Å². The molecule has 0 aliphatic carbocycles. The first-order valence-corrected chi connectivity index (χ1v) is 7.51. The maximum atomic E-state index is 10.5. The quantitative estimate of drug-likeness (QED) is 0.876. The fourth-order valence-electron chi connectivity index (χ4n) is 2.62. The summed E-state index contributed by atoms with van der Waals surface area (Å²) in [6.07, 6.45) is 2.04. The van der Waals surface area contributed by atoms with E-state index in [4.69, 9.17) is 0 Å². The van der Waals surface area contributed by atoms with Gasteiger partial charge in [0.05, 0.1) is 11.8 Å². The molecule has 2 rings (SSSR count). The Labute approximate surface area is 121 Å². The van der Waals surface area contributed by atoms with Gasteiger partial charge in [0.15, 0.2) is 0 Å². The molecule has 0 amide bonds. The fraction of sp³-hybridized carbons (Fsp3) is 0.471. The molecular weight excluding hydrogens is 248 g/mol. The number of hydrogen-bond donors (Lipinski definition) is 1. The van der Waals surface area contributed by atoms with Gasteiger partial charge in [-0.05, 0) is 37.0 Å². The highest BCUT2D eigenvalue weighted by Gasteiger charge is 2.15. The molecule has 1 unspecified atom stereocenters. The van der Waals surface area contributed by atoms with E-state index >= 15 is 0 Å². The van der Waals surface area contributed by atoms with Crippen molar-refractivity contribution in [2.24, 2.45) is 0 Å².